The first-order valence-corrected chi connectivity index (χ1v) is 13.4. The minimum Gasteiger partial charge on any atom is -0.370 e. The molecule has 1 N–H and O–H groups in total. The van der Waals surface area contributed by atoms with Gasteiger partial charge in [0.05, 0.1) is 5.69 Å². The molecule has 0 bridgehead atoms. The van der Waals surface area contributed by atoms with Gasteiger partial charge in [0.15, 0.2) is 5.13 Å². The first kappa shape index (κ1) is 22.5. The van der Waals surface area contributed by atoms with Crippen molar-refractivity contribution < 1.29 is 8.42 Å². The van der Waals surface area contributed by atoms with Crippen molar-refractivity contribution in [3.63, 3.8) is 0 Å². The second-order valence-electron chi connectivity index (χ2n) is 9.46. The van der Waals surface area contributed by atoms with Gasteiger partial charge in [0.2, 0.25) is 10.0 Å². The van der Waals surface area contributed by atoms with Crippen LogP contribution >= 0.6 is 11.3 Å². The first-order chi connectivity index (χ1) is 14.7. The van der Waals surface area contributed by atoms with Crippen molar-refractivity contribution in [1.82, 2.24) is 14.3 Å². The quantitative estimate of drug-likeness (QED) is 0.700. The van der Waals surface area contributed by atoms with E-state index in [1.807, 2.05) is 25.3 Å². The van der Waals surface area contributed by atoms with Crippen LogP contribution in [0.1, 0.15) is 44.4 Å². The summed E-state index contributed by atoms with van der Waals surface area (Å²) in [6.07, 6.45) is 5.29. The van der Waals surface area contributed by atoms with Crippen LogP contribution in [0.15, 0.2) is 22.5 Å². The number of anilines is 2. The highest BCUT2D eigenvalue weighted by atomic mass is 32.2. The number of thiazole rings is 1. The van der Waals surface area contributed by atoms with Gasteiger partial charge in [-0.05, 0) is 49.7 Å². The normalized spacial score (nSPS) is 22.1. The van der Waals surface area contributed by atoms with Gasteiger partial charge in [-0.25, -0.2) is 18.4 Å². The smallest absolute Gasteiger partial charge is 0.244 e. The fourth-order valence-corrected chi connectivity index (χ4v) is 7.09. The van der Waals surface area contributed by atoms with Crippen molar-refractivity contribution in [1.29, 1.82) is 0 Å². The van der Waals surface area contributed by atoms with Crippen LogP contribution < -0.4 is 10.2 Å². The molecule has 4 rings (SSSR count). The van der Waals surface area contributed by atoms with Crippen molar-refractivity contribution in [2.24, 2.45) is 11.3 Å². The van der Waals surface area contributed by atoms with Gasteiger partial charge in [0.1, 0.15) is 10.7 Å². The Labute approximate surface area is 189 Å². The molecular formula is C22H33N5O2S2. The van der Waals surface area contributed by atoms with Crippen molar-refractivity contribution in [3.8, 4) is 0 Å². The number of nitrogens with zero attached hydrogens (tertiary/aromatic N) is 4. The Hall–Kier alpha value is -1.71. The number of rotatable bonds is 6. The Morgan fingerprint density at radius 2 is 1.97 bits per heavy atom. The average Bonchev–Trinajstić information content (AvgIpc) is 3.31. The summed E-state index contributed by atoms with van der Waals surface area (Å²) in [6.45, 7) is 11.6. The van der Waals surface area contributed by atoms with Crippen molar-refractivity contribution in [2.75, 3.05) is 42.9 Å². The second-order valence-corrected chi connectivity index (χ2v) is 12.2. The third-order valence-electron chi connectivity index (χ3n) is 6.81. The molecule has 9 heteroatoms. The molecule has 0 radical (unpaired) electrons. The van der Waals surface area contributed by atoms with Crippen molar-refractivity contribution in [2.45, 2.75) is 51.9 Å². The molecule has 1 unspecified atom stereocenters. The van der Waals surface area contributed by atoms with Crippen LogP contribution in [-0.4, -0.2) is 55.4 Å². The predicted molar refractivity (Wildman–Crippen MR) is 126 cm³/mol. The third-order valence-corrected chi connectivity index (χ3v) is 9.85. The summed E-state index contributed by atoms with van der Waals surface area (Å²) >= 11 is 1.61. The number of hydrogen-bond acceptors (Lipinski definition) is 7. The Morgan fingerprint density at radius 3 is 2.55 bits per heavy atom. The summed E-state index contributed by atoms with van der Waals surface area (Å²) < 4.78 is 28.1. The van der Waals surface area contributed by atoms with Crippen molar-refractivity contribution in [3.05, 3.63) is 28.9 Å². The van der Waals surface area contributed by atoms with Crippen molar-refractivity contribution >= 4 is 32.3 Å². The van der Waals surface area contributed by atoms with Crippen LogP contribution in [0.2, 0.25) is 0 Å². The fourth-order valence-electron chi connectivity index (χ4n) is 4.66. The highest BCUT2D eigenvalue weighted by Gasteiger charge is 2.34. The second kappa shape index (κ2) is 8.67. The van der Waals surface area contributed by atoms with E-state index in [9.17, 15) is 8.42 Å². The standard InChI is InChI=1S/C22H33N5O2S2/c1-16-12-20(23-13-18-6-5-7-22(18,3)4)24-14-19(16)31(28,29)27-10-8-26(9-11-27)21-25-17(2)15-30-21/h12,14-15,18H,5-11,13H2,1-4H3,(H,23,24). The van der Waals surface area contributed by atoms with E-state index in [0.717, 1.165) is 28.8 Å². The molecule has 0 spiro atoms. The van der Waals surface area contributed by atoms with E-state index in [0.29, 0.717) is 42.4 Å². The van der Waals surface area contributed by atoms with E-state index in [2.05, 4.69) is 34.0 Å². The average molecular weight is 464 g/mol. The Morgan fingerprint density at radius 1 is 1.23 bits per heavy atom. The molecule has 170 valence electrons. The van der Waals surface area contributed by atoms with Crippen LogP contribution in [0.4, 0.5) is 10.9 Å². The molecule has 3 heterocycles. The maximum atomic E-state index is 13.3. The Bertz CT molecular complexity index is 1030. The lowest BCUT2D eigenvalue weighted by atomic mass is 9.82. The molecule has 2 aromatic rings. The molecule has 2 fully saturated rings. The molecule has 1 atom stereocenters. The highest BCUT2D eigenvalue weighted by Crippen LogP contribution is 2.42. The number of aryl methyl sites for hydroxylation is 2. The van der Waals surface area contributed by atoms with Gasteiger partial charge >= 0.3 is 0 Å². The van der Waals surface area contributed by atoms with Crippen LogP contribution in [0.5, 0.6) is 0 Å². The Balaban J connectivity index is 1.40. The molecule has 7 nitrogen and oxygen atoms in total. The summed E-state index contributed by atoms with van der Waals surface area (Å²) in [6, 6.07) is 1.86. The molecule has 1 saturated heterocycles. The summed E-state index contributed by atoms with van der Waals surface area (Å²) in [5, 5.41) is 6.43. The summed E-state index contributed by atoms with van der Waals surface area (Å²) in [7, 11) is -3.56. The van der Waals surface area contributed by atoms with E-state index < -0.39 is 10.0 Å². The first-order valence-electron chi connectivity index (χ1n) is 11.0. The zero-order valence-electron chi connectivity index (χ0n) is 18.9. The number of hydrogen-bond donors (Lipinski definition) is 1. The number of sulfonamides is 1. The van der Waals surface area contributed by atoms with E-state index >= 15 is 0 Å². The van der Waals surface area contributed by atoms with Crippen LogP contribution in [0, 0.1) is 25.2 Å². The molecule has 2 aromatic heterocycles. The SMILES string of the molecule is Cc1csc(N2CCN(S(=O)(=O)c3cnc(NCC4CCCC4(C)C)cc3C)CC2)n1. The lowest BCUT2D eigenvalue weighted by molar-refractivity contribution is 0.272. The van der Waals surface area contributed by atoms with Crippen LogP contribution in [0.25, 0.3) is 0 Å². The van der Waals surface area contributed by atoms with E-state index in [1.54, 1.807) is 15.6 Å². The fraction of sp³-hybridized carbons (Fsp3) is 0.636. The van der Waals surface area contributed by atoms with Gasteiger partial charge in [0.25, 0.3) is 0 Å². The van der Waals surface area contributed by atoms with Gasteiger partial charge < -0.3 is 10.2 Å². The minimum atomic E-state index is -3.56. The predicted octanol–water partition coefficient (Wildman–Crippen LogP) is 3.90. The third kappa shape index (κ3) is 4.73. The monoisotopic (exact) mass is 463 g/mol. The molecule has 1 saturated carbocycles. The van der Waals surface area contributed by atoms with Gasteiger partial charge in [-0.15, -0.1) is 11.3 Å². The maximum absolute atomic E-state index is 13.3. The van der Waals surface area contributed by atoms with Crippen LogP contribution in [0.3, 0.4) is 0 Å². The topological polar surface area (TPSA) is 78.4 Å². The Kier molecular flexibility index (Phi) is 6.29. The summed E-state index contributed by atoms with van der Waals surface area (Å²) in [5.74, 6) is 1.37. The maximum Gasteiger partial charge on any atom is 0.244 e. The van der Waals surface area contributed by atoms with Gasteiger partial charge in [-0.2, -0.15) is 4.31 Å². The minimum absolute atomic E-state index is 0.304. The van der Waals surface area contributed by atoms with Gasteiger partial charge in [-0.3, -0.25) is 0 Å². The van der Waals surface area contributed by atoms with E-state index in [4.69, 9.17) is 0 Å². The highest BCUT2D eigenvalue weighted by molar-refractivity contribution is 7.89. The largest absolute Gasteiger partial charge is 0.370 e. The zero-order valence-corrected chi connectivity index (χ0v) is 20.5. The lowest BCUT2D eigenvalue weighted by Crippen LogP contribution is -2.48. The molecule has 1 aliphatic carbocycles. The van der Waals surface area contributed by atoms with E-state index in [1.165, 1.54) is 25.5 Å². The molecule has 2 aliphatic rings. The number of aromatic nitrogens is 2. The molecule has 0 amide bonds. The number of piperazine rings is 1. The molecular weight excluding hydrogens is 430 g/mol. The van der Waals surface area contributed by atoms with Gasteiger partial charge in [0, 0.05) is 44.3 Å². The van der Waals surface area contributed by atoms with E-state index in [-0.39, 0.29) is 0 Å². The van der Waals surface area contributed by atoms with Gasteiger partial charge in [-0.1, -0.05) is 20.3 Å². The summed E-state index contributed by atoms with van der Waals surface area (Å²) in [4.78, 5) is 11.4. The lowest BCUT2D eigenvalue weighted by Gasteiger charge is -2.34. The molecule has 1 aliphatic heterocycles. The van der Waals surface area contributed by atoms with Crippen LogP contribution in [-0.2, 0) is 10.0 Å². The zero-order chi connectivity index (χ0) is 22.2. The molecule has 0 aromatic carbocycles. The number of pyridine rings is 1. The molecule has 31 heavy (non-hydrogen) atoms. The number of nitrogens with one attached hydrogen (secondary N) is 1. The summed E-state index contributed by atoms with van der Waals surface area (Å²) in [5.41, 5.74) is 2.09.